The molecule has 192 valence electrons. The van der Waals surface area contributed by atoms with Crippen LogP contribution in [0.4, 0.5) is 0 Å². The van der Waals surface area contributed by atoms with Gasteiger partial charge < -0.3 is 22.8 Å². The van der Waals surface area contributed by atoms with Gasteiger partial charge in [0.05, 0.1) is 33.0 Å². The number of esters is 1. The second-order valence-corrected chi connectivity index (χ2v) is 15.9. The Labute approximate surface area is 203 Å². The van der Waals surface area contributed by atoms with E-state index in [1.807, 2.05) is 55.4 Å². The van der Waals surface area contributed by atoms with E-state index in [1.54, 1.807) is 6.92 Å². The standard InChI is InChI=1S/C20H42O8P2S2/c1-10-23-19(21)20(28-30(31,26-13-17(6)7)27-14-18(8)9)32-29(22,24-11-15(2)3)25-12-16(4)5/h15-18,20H,10-14H2,1-9H3. The number of carbonyl (C=O) groups is 1. The summed E-state index contributed by atoms with van der Waals surface area (Å²) in [5, 5.41) is 0. The zero-order chi connectivity index (χ0) is 24.9. The van der Waals surface area contributed by atoms with Crippen molar-refractivity contribution >= 4 is 42.7 Å². The molecule has 0 amide bonds. The van der Waals surface area contributed by atoms with Crippen LogP contribution in [0.3, 0.4) is 0 Å². The zero-order valence-corrected chi connectivity index (χ0v) is 24.3. The van der Waals surface area contributed by atoms with E-state index in [9.17, 15) is 9.36 Å². The maximum Gasteiger partial charge on any atom is 0.392 e. The minimum atomic E-state index is -3.77. The van der Waals surface area contributed by atoms with E-state index in [-0.39, 0.29) is 43.5 Å². The van der Waals surface area contributed by atoms with E-state index >= 15 is 0 Å². The summed E-state index contributed by atoms with van der Waals surface area (Å²) in [6, 6.07) is 0. The van der Waals surface area contributed by atoms with Gasteiger partial charge in [0, 0.05) is 11.4 Å². The molecule has 12 heteroatoms. The first-order valence-corrected chi connectivity index (χ1v) is 16.6. The normalized spacial score (nSPS) is 14.0. The number of rotatable bonds is 18. The minimum absolute atomic E-state index is 0.114. The molecule has 0 spiro atoms. The summed E-state index contributed by atoms with van der Waals surface area (Å²) in [7, 11) is 0. The van der Waals surface area contributed by atoms with Crippen molar-refractivity contribution < 1.29 is 36.7 Å². The van der Waals surface area contributed by atoms with E-state index in [1.165, 1.54) is 0 Å². The van der Waals surface area contributed by atoms with Crippen molar-refractivity contribution in [3.63, 3.8) is 0 Å². The largest absolute Gasteiger partial charge is 0.463 e. The van der Waals surface area contributed by atoms with Crippen molar-refractivity contribution in [2.75, 3.05) is 33.0 Å². The van der Waals surface area contributed by atoms with Crippen molar-refractivity contribution in [3.8, 4) is 0 Å². The van der Waals surface area contributed by atoms with Crippen molar-refractivity contribution in [2.45, 2.75) is 67.7 Å². The van der Waals surface area contributed by atoms with Crippen LogP contribution in [-0.2, 0) is 48.5 Å². The molecule has 0 aromatic carbocycles. The smallest absolute Gasteiger partial charge is 0.392 e. The zero-order valence-electron chi connectivity index (χ0n) is 20.9. The van der Waals surface area contributed by atoms with Gasteiger partial charge in [0.15, 0.2) is 0 Å². The van der Waals surface area contributed by atoms with E-state index < -0.39 is 24.9 Å². The first kappa shape index (κ1) is 32.5. The summed E-state index contributed by atoms with van der Waals surface area (Å²) in [4.78, 5) is 12.7. The third kappa shape index (κ3) is 15.4. The van der Waals surface area contributed by atoms with Gasteiger partial charge in [-0.2, -0.15) is 0 Å². The molecule has 0 saturated carbocycles. The molecule has 0 aromatic rings. The molecule has 1 atom stereocenters. The molecule has 0 radical (unpaired) electrons. The summed E-state index contributed by atoms with van der Waals surface area (Å²) < 4.78 is 47.4. The second kappa shape index (κ2) is 16.2. The third-order valence-corrected chi connectivity index (χ3v) is 9.28. The van der Waals surface area contributed by atoms with Gasteiger partial charge in [0.2, 0.25) is 5.44 Å². The van der Waals surface area contributed by atoms with E-state index in [2.05, 4.69) is 0 Å². The van der Waals surface area contributed by atoms with Crippen LogP contribution in [-0.4, -0.2) is 44.4 Å². The number of carbonyl (C=O) groups excluding carboxylic acids is 1. The molecule has 0 heterocycles. The van der Waals surface area contributed by atoms with Gasteiger partial charge in [-0.05, 0) is 42.4 Å². The predicted octanol–water partition coefficient (Wildman–Crippen LogP) is 6.65. The predicted molar refractivity (Wildman–Crippen MR) is 134 cm³/mol. The highest BCUT2D eigenvalue weighted by atomic mass is 32.7. The highest BCUT2D eigenvalue weighted by molar-refractivity contribution is 8.55. The molecule has 0 aromatic heterocycles. The fourth-order valence-electron chi connectivity index (χ4n) is 1.71. The summed E-state index contributed by atoms with van der Waals surface area (Å²) in [5.74, 6) is -0.167. The van der Waals surface area contributed by atoms with E-state index in [0.29, 0.717) is 24.6 Å². The quantitative estimate of drug-likeness (QED) is 0.108. The Balaban J connectivity index is 5.80. The Kier molecular flexibility index (Phi) is 16.5. The molecule has 0 aliphatic carbocycles. The second-order valence-electron chi connectivity index (χ2n) is 8.95. The first-order chi connectivity index (χ1) is 14.7. The average molecular weight is 537 g/mol. The highest BCUT2D eigenvalue weighted by Crippen LogP contribution is 2.65. The van der Waals surface area contributed by atoms with Crippen molar-refractivity contribution in [1.29, 1.82) is 0 Å². The number of hydrogen-bond acceptors (Lipinski definition) is 10. The molecule has 8 nitrogen and oxygen atoms in total. The molecule has 0 saturated heterocycles. The lowest BCUT2D eigenvalue weighted by atomic mass is 10.2. The molecule has 0 aliphatic heterocycles. The van der Waals surface area contributed by atoms with Crippen LogP contribution in [0, 0.1) is 23.7 Å². The summed E-state index contributed by atoms with van der Waals surface area (Å²) in [6.07, 6.45) is 0. The van der Waals surface area contributed by atoms with Crippen molar-refractivity contribution in [1.82, 2.24) is 0 Å². The molecule has 1 unspecified atom stereocenters. The first-order valence-electron chi connectivity index (χ1n) is 11.0. The summed E-state index contributed by atoms with van der Waals surface area (Å²) in [6.45, 7) is 11.2. The Morgan fingerprint density at radius 2 is 1.16 bits per heavy atom. The summed E-state index contributed by atoms with van der Waals surface area (Å²) in [5.41, 5.74) is -1.38. The lowest BCUT2D eigenvalue weighted by Gasteiger charge is -2.28. The van der Waals surface area contributed by atoms with Gasteiger partial charge >= 0.3 is 19.5 Å². The summed E-state index contributed by atoms with van der Waals surface area (Å²) >= 11 is 6.21. The SMILES string of the molecule is CCOC(=O)C(OP(=S)(OCC(C)C)OCC(C)C)SP(=O)(OCC(C)C)OCC(C)C. The fourth-order valence-corrected chi connectivity index (χ4v) is 8.05. The molecule has 0 aliphatic rings. The maximum absolute atomic E-state index is 13.5. The van der Waals surface area contributed by atoms with Crippen LogP contribution >= 0.6 is 24.9 Å². The monoisotopic (exact) mass is 536 g/mol. The van der Waals surface area contributed by atoms with Crippen molar-refractivity contribution in [3.05, 3.63) is 0 Å². The minimum Gasteiger partial charge on any atom is -0.463 e. The van der Waals surface area contributed by atoms with Gasteiger partial charge in [0.1, 0.15) is 0 Å². The highest BCUT2D eigenvalue weighted by Gasteiger charge is 2.40. The third-order valence-electron chi connectivity index (χ3n) is 3.19. The molecular formula is C20H42O8P2S2. The maximum atomic E-state index is 13.5. The van der Waals surface area contributed by atoms with Gasteiger partial charge in [0.25, 0.3) is 0 Å². The Bertz CT molecular complexity index is 553. The topological polar surface area (TPSA) is 89.5 Å². The average Bonchev–Trinajstić information content (AvgIpc) is 2.68. The lowest BCUT2D eigenvalue weighted by Crippen LogP contribution is -2.24. The lowest BCUT2D eigenvalue weighted by molar-refractivity contribution is -0.147. The molecule has 0 bridgehead atoms. The fraction of sp³-hybridized carbons (Fsp3) is 0.950. The van der Waals surface area contributed by atoms with Crippen LogP contribution in [0.15, 0.2) is 0 Å². The van der Waals surface area contributed by atoms with E-state index in [4.69, 9.17) is 39.2 Å². The number of ether oxygens (including phenoxy) is 1. The molecule has 32 heavy (non-hydrogen) atoms. The molecule has 0 rings (SSSR count). The Hall–Kier alpha value is 0.500. The Morgan fingerprint density at radius 3 is 1.50 bits per heavy atom. The van der Waals surface area contributed by atoms with Gasteiger partial charge in [-0.25, -0.2) is 9.36 Å². The van der Waals surface area contributed by atoms with Gasteiger partial charge in [-0.1, -0.05) is 55.4 Å². The molecular weight excluding hydrogens is 494 g/mol. The Morgan fingerprint density at radius 1 is 0.781 bits per heavy atom. The van der Waals surface area contributed by atoms with E-state index in [0.717, 1.165) is 0 Å². The van der Waals surface area contributed by atoms with Crippen molar-refractivity contribution in [2.24, 2.45) is 23.7 Å². The van der Waals surface area contributed by atoms with Crippen LogP contribution < -0.4 is 0 Å². The molecule has 0 N–H and O–H groups in total. The van der Waals surface area contributed by atoms with Gasteiger partial charge in [-0.15, -0.1) is 0 Å². The van der Waals surface area contributed by atoms with Crippen LogP contribution in [0.5, 0.6) is 0 Å². The molecule has 0 fully saturated rings. The number of hydrogen-bond donors (Lipinski definition) is 0. The van der Waals surface area contributed by atoms with Crippen LogP contribution in [0.1, 0.15) is 62.3 Å². The van der Waals surface area contributed by atoms with Crippen LogP contribution in [0.2, 0.25) is 0 Å². The van der Waals surface area contributed by atoms with Gasteiger partial charge in [-0.3, -0.25) is 4.52 Å². The van der Waals surface area contributed by atoms with Crippen LogP contribution in [0.25, 0.3) is 0 Å².